The Kier molecular flexibility index (Phi) is 5.51. The van der Waals surface area contributed by atoms with Gasteiger partial charge in [0.1, 0.15) is 0 Å². The van der Waals surface area contributed by atoms with Gasteiger partial charge in [-0.2, -0.15) is 0 Å². The van der Waals surface area contributed by atoms with Gasteiger partial charge in [-0.1, -0.05) is 20.3 Å². The van der Waals surface area contributed by atoms with Crippen LogP contribution in [0.4, 0.5) is 4.79 Å². The number of amides is 1. The second-order valence-corrected chi connectivity index (χ2v) is 3.04. The number of rotatable bonds is 4. The predicted molar refractivity (Wildman–Crippen MR) is 49.1 cm³/mol. The number of carbonyl (C=O) groups excluding carboxylic acids is 1. The summed E-state index contributed by atoms with van der Waals surface area (Å²) in [5.41, 5.74) is 0. The quantitative estimate of drug-likeness (QED) is 0.707. The number of hydrogen-bond donors (Lipinski definition) is 1. The standard InChI is InChI=1S/C9H19NO2/c1-5-7(3)8(4)10-9(11)12-6-2/h7-8H,5-6H2,1-4H3,(H,10,11). The van der Waals surface area contributed by atoms with Crippen molar-refractivity contribution in [1.82, 2.24) is 5.32 Å². The third-order valence-corrected chi connectivity index (χ3v) is 2.12. The molecule has 0 aromatic carbocycles. The van der Waals surface area contributed by atoms with Crippen molar-refractivity contribution in [2.75, 3.05) is 6.61 Å². The van der Waals surface area contributed by atoms with Crippen LogP contribution in [-0.4, -0.2) is 18.7 Å². The van der Waals surface area contributed by atoms with E-state index in [4.69, 9.17) is 4.74 Å². The van der Waals surface area contributed by atoms with Crippen molar-refractivity contribution in [3.8, 4) is 0 Å². The maximum Gasteiger partial charge on any atom is 0.407 e. The molecule has 2 atom stereocenters. The van der Waals surface area contributed by atoms with E-state index in [9.17, 15) is 4.79 Å². The molecule has 0 aromatic heterocycles. The minimum atomic E-state index is -0.315. The lowest BCUT2D eigenvalue weighted by Crippen LogP contribution is -2.37. The second kappa shape index (κ2) is 5.86. The molecular formula is C9H19NO2. The number of carbonyl (C=O) groups is 1. The lowest BCUT2D eigenvalue weighted by atomic mass is 10.0. The van der Waals surface area contributed by atoms with E-state index in [1.807, 2.05) is 6.92 Å². The van der Waals surface area contributed by atoms with Crippen LogP contribution >= 0.6 is 0 Å². The van der Waals surface area contributed by atoms with Gasteiger partial charge in [0, 0.05) is 6.04 Å². The summed E-state index contributed by atoms with van der Waals surface area (Å²) in [6.45, 7) is 8.43. The van der Waals surface area contributed by atoms with Gasteiger partial charge in [-0.3, -0.25) is 0 Å². The highest BCUT2D eigenvalue weighted by molar-refractivity contribution is 5.67. The number of ether oxygens (including phenoxy) is 1. The van der Waals surface area contributed by atoms with Crippen LogP contribution in [-0.2, 0) is 4.74 Å². The van der Waals surface area contributed by atoms with E-state index >= 15 is 0 Å². The molecule has 3 heteroatoms. The van der Waals surface area contributed by atoms with Gasteiger partial charge in [0.15, 0.2) is 0 Å². The summed E-state index contributed by atoms with van der Waals surface area (Å²) in [7, 11) is 0. The summed E-state index contributed by atoms with van der Waals surface area (Å²) in [6.07, 6.45) is 0.749. The van der Waals surface area contributed by atoms with Crippen LogP contribution in [0.15, 0.2) is 0 Å². The molecule has 0 rings (SSSR count). The highest BCUT2D eigenvalue weighted by Gasteiger charge is 2.12. The predicted octanol–water partition coefficient (Wildman–Crippen LogP) is 2.17. The summed E-state index contributed by atoms with van der Waals surface area (Å²) in [5, 5.41) is 2.77. The summed E-state index contributed by atoms with van der Waals surface area (Å²) < 4.78 is 4.76. The van der Waals surface area contributed by atoms with Crippen LogP contribution in [0.3, 0.4) is 0 Å². The molecule has 0 aliphatic heterocycles. The first-order valence-corrected chi connectivity index (χ1v) is 4.55. The van der Waals surface area contributed by atoms with Gasteiger partial charge < -0.3 is 10.1 Å². The minimum absolute atomic E-state index is 0.189. The van der Waals surface area contributed by atoms with Crippen LogP contribution in [0.5, 0.6) is 0 Å². The van der Waals surface area contributed by atoms with Gasteiger partial charge in [-0.15, -0.1) is 0 Å². The highest BCUT2D eigenvalue weighted by Crippen LogP contribution is 2.06. The van der Waals surface area contributed by atoms with Crippen molar-refractivity contribution >= 4 is 6.09 Å². The highest BCUT2D eigenvalue weighted by atomic mass is 16.5. The third-order valence-electron chi connectivity index (χ3n) is 2.12. The molecule has 0 saturated heterocycles. The van der Waals surface area contributed by atoms with Crippen molar-refractivity contribution in [2.24, 2.45) is 5.92 Å². The Balaban J connectivity index is 3.67. The normalized spacial score (nSPS) is 15.0. The Morgan fingerprint density at radius 1 is 1.42 bits per heavy atom. The topological polar surface area (TPSA) is 38.3 Å². The molecule has 2 unspecified atom stereocenters. The van der Waals surface area contributed by atoms with E-state index in [2.05, 4.69) is 19.2 Å². The van der Waals surface area contributed by atoms with Crippen LogP contribution in [0.2, 0.25) is 0 Å². The third kappa shape index (κ3) is 4.21. The molecule has 12 heavy (non-hydrogen) atoms. The van der Waals surface area contributed by atoms with E-state index in [0.29, 0.717) is 12.5 Å². The smallest absolute Gasteiger partial charge is 0.407 e. The molecule has 0 radical (unpaired) electrons. The van der Waals surface area contributed by atoms with E-state index < -0.39 is 0 Å². The van der Waals surface area contributed by atoms with E-state index in [0.717, 1.165) is 6.42 Å². The first-order valence-electron chi connectivity index (χ1n) is 4.55. The zero-order chi connectivity index (χ0) is 9.56. The summed E-state index contributed by atoms with van der Waals surface area (Å²) in [6, 6.07) is 0.189. The van der Waals surface area contributed by atoms with Gasteiger partial charge in [0.05, 0.1) is 6.61 Å². The summed E-state index contributed by atoms with van der Waals surface area (Å²) >= 11 is 0. The minimum Gasteiger partial charge on any atom is -0.450 e. The van der Waals surface area contributed by atoms with Crippen molar-refractivity contribution in [3.63, 3.8) is 0 Å². The molecule has 0 heterocycles. The Hall–Kier alpha value is -0.730. The molecule has 1 amide bonds. The van der Waals surface area contributed by atoms with Crippen LogP contribution in [0, 0.1) is 5.92 Å². The molecule has 72 valence electrons. The summed E-state index contributed by atoms with van der Waals surface area (Å²) in [5.74, 6) is 0.495. The van der Waals surface area contributed by atoms with Crippen LogP contribution in [0.25, 0.3) is 0 Å². The fraction of sp³-hybridized carbons (Fsp3) is 0.889. The van der Waals surface area contributed by atoms with Gasteiger partial charge in [-0.25, -0.2) is 4.79 Å². The number of nitrogens with one attached hydrogen (secondary N) is 1. The average Bonchev–Trinajstić information content (AvgIpc) is 2.03. The molecule has 0 spiro atoms. The van der Waals surface area contributed by atoms with Crippen molar-refractivity contribution in [2.45, 2.75) is 40.2 Å². The lowest BCUT2D eigenvalue weighted by Gasteiger charge is -2.19. The first kappa shape index (κ1) is 11.3. The number of hydrogen-bond acceptors (Lipinski definition) is 2. The monoisotopic (exact) mass is 173 g/mol. The molecule has 0 aliphatic carbocycles. The van der Waals surface area contributed by atoms with E-state index in [1.165, 1.54) is 0 Å². The van der Waals surface area contributed by atoms with Gasteiger partial charge in [-0.05, 0) is 19.8 Å². The molecule has 3 nitrogen and oxygen atoms in total. The Bertz CT molecular complexity index is 136. The Labute approximate surface area is 74.5 Å². The fourth-order valence-electron chi connectivity index (χ4n) is 0.854. The molecule has 0 bridgehead atoms. The zero-order valence-corrected chi connectivity index (χ0v) is 8.39. The maximum atomic E-state index is 10.9. The molecule has 0 aromatic rings. The van der Waals surface area contributed by atoms with Gasteiger partial charge >= 0.3 is 6.09 Å². The lowest BCUT2D eigenvalue weighted by molar-refractivity contribution is 0.145. The van der Waals surface area contributed by atoms with E-state index in [1.54, 1.807) is 6.92 Å². The maximum absolute atomic E-state index is 10.9. The Morgan fingerprint density at radius 3 is 2.42 bits per heavy atom. The van der Waals surface area contributed by atoms with Crippen molar-refractivity contribution in [1.29, 1.82) is 0 Å². The van der Waals surface area contributed by atoms with Crippen molar-refractivity contribution in [3.05, 3.63) is 0 Å². The SMILES string of the molecule is CCOC(=O)NC(C)C(C)CC. The van der Waals surface area contributed by atoms with Crippen LogP contribution < -0.4 is 5.32 Å². The first-order chi connectivity index (χ1) is 5.61. The van der Waals surface area contributed by atoms with Gasteiger partial charge in [0.25, 0.3) is 0 Å². The largest absolute Gasteiger partial charge is 0.450 e. The molecule has 0 aliphatic rings. The molecule has 0 saturated carbocycles. The molecule has 0 fully saturated rings. The van der Waals surface area contributed by atoms with Gasteiger partial charge in [0.2, 0.25) is 0 Å². The second-order valence-electron chi connectivity index (χ2n) is 3.04. The summed E-state index contributed by atoms with van der Waals surface area (Å²) in [4.78, 5) is 10.9. The Morgan fingerprint density at radius 2 is 2.00 bits per heavy atom. The zero-order valence-electron chi connectivity index (χ0n) is 8.39. The average molecular weight is 173 g/mol. The van der Waals surface area contributed by atoms with Crippen LogP contribution in [0.1, 0.15) is 34.1 Å². The number of alkyl carbamates (subject to hydrolysis) is 1. The molecule has 1 N–H and O–H groups in total. The fourth-order valence-corrected chi connectivity index (χ4v) is 0.854. The molecular weight excluding hydrogens is 154 g/mol. The van der Waals surface area contributed by atoms with E-state index in [-0.39, 0.29) is 12.1 Å². The van der Waals surface area contributed by atoms with Crippen molar-refractivity contribution < 1.29 is 9.53 Å².